The van der Waals surface area contributed by atoms with Gasteiger partial charge in [-0.25, -0.2) is 0 Å². The second-order valence-corrected chi connectivity index (χ2v) is 6.25. The molecule has 1 saturated carbocycles. The van der Waals surface area contributed by atoms with Gasteiger partial charge in [-0.3, -0.25) is 14.5 Å². The largest absolute Gasteiger partial charge is 0.469 e. The van der Waals surface area contributed by atoms with E-state index in [4.69, 9.17) is 4.74 Å². The molecule has 0 aromatic heterocycles. The summed E-state index contributed by atoms with van der Waals surface area (Å²) in [7, 11) is 1.39. The van der Waals surface area contributed by atoms with Crippen LogP contribution in [0.1, 0.15) is 32.6 Å². The van der Waals surface area contributed by atoms with Gasteiger partial charge in [-0.15, -0.1) is 0 Å². The number of hydrogen-bond acceptors (Lipinski definition) is 5. The number of amides is 1. The molecule has 0 aromatic rings. The van der Waals surface area contributed by atoms with Gasteiger partial charge in [0.05, 0.1) is 25.6 Å². The minimum Gasteiger partial charge on any atom is -0.469 e. The number of nitriles is 1. The first-order valence-electron chi connectivity index (χ1n) is 7.52. The molecule has 1 heterocycles. The van der Waals surface area contributed by atoms with Crippen molar-refractivity contribution in [2.45, 2.75) is 38.1 Å². The summed E-state index contributed by atoms with van der Waals surface area (Å²) in [5.41, 5.74) is -0.676. The second-order valence-electron chi connectivity index (χ2n) is 6.25. The highest BCUT2D eigenvalue weighted by Gasteiger charge is 2.38. The predicted molar refractivity (Wildman–Crippen MR) is 76.1 cm³/mol. The van der Waals surface area contributed by atoms with E-state index in [0.29, 0.717) is 13.1 Å². The van der Waals surface area contributed by atoms with E-state index in [0.717, 1.165) is 25.7 Å². The van der Waals surface area contributed by atoms with Crippen molar-refractivity contribution in [2.75, 3.05) is 26.7 Å². The maximum absolute atomic E-state index is 12.2. The summed E-state index contributed by atoms with van der Waals surface area (Å²) in [5.74, 6) is -0.327. The van der Waals surface area contributed by atoms with Crippen molar-refractivity contribution >= 4 is 11.9 Å². The van der Waals surface area contributed by atoms with E-state index in [2.05, 4.69) is 11.4 Å². The van der Waals surface area contributed by atoms with Gasteiger partial charge < -0.3 is 10.1 Å². The molecule has 6 heteroatoms. The van der Waals surface area contributed by atoms with Crippen molar-refractivity contribution in [3.8, 4) is 6.07 Å². The van der Waals surface area contributed by atoms with E-state index >= 15 is 0 Å². The SMILES string of the molecule is COC(=O)C1CN(CC(=O)NC2(C#N)CCCC2)CC1C. The van der Waals surface area contributed by atoms with E-state index < -0.39 is 5.54 Å². The predicted octanol–water partition coefficient (Wildman–Crippen LogP) is 0.680. The van der Waals surface area contributed by atoms with Crippen LogP contribution in [-0.4, -0.2) is 49.1 Å². The highest BCUT2D eigenvalue weighted by atomic mass is 16.5. The molecule has 2 aliphatic rings. The first-order valence-corrected chi connectivity index (χ1v) is 7.52. The Morgan fingerprint density at radius 2 is 2.05 bits per heavy atom. The highest BCUT2D eigenvalue weighted by molar-refractivity contribution is 5.80. The fourth-order valence-corrected chi connectivity index (χ4v) is 3.41. The van der Waals surface area contributed by atoms with Crippen molar-refractivity contribution < 1.29 is 14.3 Å². The van der Waals surface area contributed by atoms with E-state index in [1.807, 2.05) is 11.8 Å². The van der Waals surface area contributed by atoms with Crippen LogP contribution in [0, 0.1) is 23.2 Å². The van der Waals surface area contributed by atoms with Gasteiger partial charge in [-0.1, -0.05) is 6.92 Å². The lowest BCUT2D eigenvalue weighted by atomic mass is 9.99. The number of ether oxygens (including phenoxy) is 1. The number of likely N-dealkylation sites (tertiary alicyclic amines) is 1. The molecular weight excluding hydrogens is 270 g/mol. The molecule has 2 atom stereocenters. The molecule has 2 fully saturated rings. The Morgan fingerprint density at radius 3 is 2.62 bits per heavy atom. The normalized spacial score (nSPS) is 28.0. The first-order chi connectivity index (χ1) is 9.99. The van der Waals surface area contributed by atoms with Crippen molar-refractivity contribution in [1.82, 2.24) is 10.2 Å². The van der Waals surface area contributed by atoms with Gasteiger partial charge in [-0.05, 0) is 31.6 Å². The Hall–Kier alpha value is -1.61. The van der Waals surface area contributed by atoms with E-state index in [1.54, 1.807) is 0 Å². The summed E-state index contributed by atoms with van der Waals surface area (Å²) < 4.78 is 4.79. The van der Waals surface area contributed by atoms with E-state index in [1.165, 1.54) is 7.11 Å². The maximum atomic E-state index is 12.2. The summed E-state index contributed by atoms with van der Waals surface area (Å²) in [6.07, 6.45) is 3.44. The Bertz CT molecular complexity index is 452. The second kappa shape index (κ2) is 6.44. The lowest BCUT2D eigenvalue weighted by Gasteiger charge is -2.24. The smallest absolute Gasteiger partial charge is 0.310 e. The quantitative estimate of drug-likeness (QED) is 0.771. The van der Waals surface area contributed by atoms with Gasteiger partial charge in [-0.2, -0.15) is 5.26 Å². The molecule has 1 N–H and O–H groups in total. The number of methoxy groups -OCH3 is 1. The number of rotatable bonds is 4. The minimum atomic E-state index is -0.676. The lowest BCUT2D eigenvalue weighted by molar-refractivity contribution is -0.146. The molecule has 1 saturated heterocycles. The number of carbonyl (C=O) groups excluding carboxylic acids is 2. The minimum absolute atomic E-state index is 0.129. The number of carbonyl (C=O) groups is 2. The van der Waals surface area contributed by atoms with Crippen molar-refractivity contribution in [3.05, 3.63) is 0 Å². The van der Waals surface area contributed by atoms with Gasteiger partial charge in [0.15, 0.2) is 0 Å². The number of nitrogens with zero attached hydrogens (tertiary/aromatic N) is 2. The van der Waals surface area contributed by atoms with E-state index in [9.17, 15) is 14.9 Å². The third-order valence-electron chi connectivity index (χ3n) is 4.61. The fourth-order valence-electron chi connectivity index (χ4n) is 3.41. The number of esters is 1. The third-order valence-corrected chi connectivity index (χ3v) is 4.61. The Morgan fingerprint density at radius 1 is 1.38 bits per heavy atom. The molecule has 116 valence electrons. The van der Waals surface area contributed by atoms with Gasteiger partial charge in [0.1, 0.15) is 5.54 Å². The van der Waals surface area contributed by atoms with Gasteiger partial charge >= 0.3 is 5.97 Å². The molecule has 2 unspecified atom stereocenters. The van der Waals surface area contributed by atoms with Gasteiger partial charge in [0.2, 0.25) is 5.91 Å². The number of nitrogens with one attached hydrogen (secondary N) is 1. The summed E-state index contributed by atoms with van der Waals surface area (Å²) >= 11 is 0. The third kappa shape index (κ3) is 3.53. The fraction of sp³-hybridized carbons (Fsp3) is 0.800. The van der Waals surface area contributed by atoms with Crippen LogP contribution < -0.4 is 5.32 Å². The highest BCUT2D eigenvalue weighted by Crippen LogP contribution is 2.29. The Labute approximate surface area is 125 Å². The average molecular weight is 293 g/mol. The van der Waals surface area contributed by atoms with Crippen LogP contribution in [0.4, 0.5) is 0 Å². The standard InChI is InChI=1S/C15H23N3O3/c1-11-7-18(8-12(11)14(20)21-2)9-13(19)17-15(10-16)5-3-4-6-15/h11-12H,3-9H2,1-2H3,(H,17,19). The van der Waals surface area contributed by atoms with Crippen molar-refractivity contribution in [1.29, 1.82) is 5.26 Å². The molecule has 1 aliphatic heterocycles. The zero-order valence-corrected chi connectivity index (χ0v) is 12.7. The molecular formula is C15H23N3O3. The molecule has 6 nitrogen and oxygen atoms in total. The van der Waals surface area contributed by atoms with Crippen LogP contribution in [0.2, 0.25) is 0 Å². The lowest BCUT2D eigenvalue weighted by Crippen LogP contribution is -2.48. The molecule has 0 spiro atoms. The molecule has 1 amide bonds. The summed E-state index contributed by atoms with van der Waals surface area (Å²) in [5, 5.41) is 12.2. The summed E-state index contributed by atoms with van der Waals surface area (Å²) in [6.45, 7) is 3.47. The molecule has 0 bridgehead atoms. The van der Waals surface area contributed by atoms with Crippen LogP contribution in [0.3, 0.4) is 0 Å². The Kier molecular flexibility index (Phi) is 4.84. The van der Waals surface area contributed by atoms with Gasteiger partial charge in [0, 0.05) is 13.1 Å². The topological polar surface area (TPSA) is 82.4 Å². The Balaban J connectivity index is 1.87. The molecule has 1 aliphatic carbocycles. The van der Waals surface area contributed by atoms with Crippen LogP contribution in [-0.2, 0) is 14.3 Å². The molecule has 21 heavy (non-hydrogen) atoms. The van der Waals surface area contributed by atoms with Crippen LogP contribution >= 0.6 is 0 Å². The summed E-state index contributed by atoms with van der Waals surface area (Å²) in [6, 6.07) is 2.25. The van der Waals surface area contributed by atoms with Crippen molar-refractivity contribution in [2.24, 2.45) is 11.8 Å². The zero-order valence-electron chi connectivity index (χ0n) is 12.7. The molecule has 0 radical (unpaired) electrons. The number of hydrogen-bond donors (Lipinski definition) is 1. The molecule has 0 aromatic carbocycles. The van der Waals surface area contributed by atoms with Gasteiger partial charge in [0.25, 0.3) is 0 Å². The average Bonchev–Trinajstić information content (AvgIpc) is 3.05. The molecule has 2 rings (SSSR count). The first kappa shape index (κ1) is 15.8. The van der Waals surface area contributed by atoms with Crippen molar-refractivity contribution in [3.63, 3.8) is 0 Å². The van der Waals surface area contributed by atoms with E-state index in [-0.39, 0.29) is 30.3 Å². The maximum Gasteiger partial charge on any atom is 0.310 e. The van der Waals surface area contributed by atoms with Crippen LogP contribution in [0.25, 0.3) is 0 Å². The summed E-state index contributed by atoms with van der Waals surface area (Å²) in [4.78, 5) is 25.8. The monoisotopic (exact) mass is 293 g/mol. The zero-order chi connectivity index (χ0) is 15.5. The van der Waals surface area contributed by atoms with Crippen LogP contribution in [0.5, 0.6) is 0 Å². The van der Waals surface area contributed by atoms with Crippen LogP contribution in [0.15, 0.2) is 0 Å².